The Hall–Kier alpha value is -0.870. The molecular weight excluding hydrogens is 274 g/mol. The van der Waals surface area contributed by atoms with Gasteiger partial charge >= 0.3 is 0 Å². The number of aliphatic hydroxyl groups is 1. The summed E-state index contributed by atoms with van der Waals surface area (Å²) in [4.78, 5) is 8.70. The van der Waals surface area contributed by atoms with Gasteiger partial charge in [-0.15, -0.1) is 0 Å². The molecule has 0 aliphatic heterocycles. The third-order valence-electron chi connectivity index (χ3n) is 4.10. The van der Waals surface area contributed by atoms with Crippen LogP contribution in [-0.2, 0) is 6.42 Å². The van der Waals surface area contributed by atoms with E-state index in [-0.39, 0.29) is 0 Å². The van der Waals surface area contributed by atoms with Crippen LogP contribution in [0.2, 0.25) is 5.15 Å². The minimum atomic E-state index is -0.631. The van der Waals surface area contributed by atoms with Crippen molar-refractivity contribution in [2.24, 2.45) is 5.92 Å². The minimum absolute atomic E-state index is 0.489. The Morgan fingerprint density at radius 2 is 2.20 bits per heavy atom. The molecule has 0 amide bonds. The van der Waals surface area contributed by atoms with Crippen molar-refractivity contribution < 1.29 is 5.11 Å². The molecule has 2 N–H and O–H groups in total. The van der Waals surface area contributed by atoms with Crippen LogP contribution < -0.4 is 5.32 Å². The molecule has 2 atom stereocenters. The first kappa shape index (κ1) is 15.5. The molecule has 2 unspecified atom stereocenters. The quantitative estimate of drug-likeness (QED) is 0.837. The van der Waals surface area contributed by atoms with E-state index >= 15 is 0 Å². The first-order valence-electron chi connectivity index (χ1n) is 7.43. The van der Waals surface area contributed by atoms with E-state index in [0.29, 0.717) is 17.6 Å². The maximum Gasteiger partial charge on any atom is 0.137 e. The number of rotatable bonds is 4. The molecule has 1 heterocycles. The third kappa shape index (κ3) is 3.61. The van der Waals surface area contributed by atoms with Gasteiger partial charge in [0.25, 0.3) is 0 Å². The van der Waals surface area contributed by atoms with Gasteiger partial charge in [0.1, 0.15) is 16.8 Å². The van der Waals surface area contributed by atoms with E-state index in [0.717, 1.165) is 42.9 Å². The summed E-state index contributed by atoms with van der Waals surface area (Å²) >= 11 is 6.12. The van der Waals surface area contributed by atoms with E-state index in [1.54, 1.807) is 0 Å². The molecule has 2 rings (SSSR count). The van der Waals surface area contributed by atoms with Gasteiger partial charge in [-0.3, -0.25) is 0 Å². The number of hydrogen-bond donors (Lipinski definition) is 2. The zero-order valence-electron chi connectivity index (χ0n) is 12.5. The van der Waals surface area contributed by atoms with Gasteiger partial charge in [0.05, 0.1) is 5.60 Å². The second-order valence-electron chi connectivity index (χ2n) is 6.04. The molecular formula is C15H24ClN3O. The summed E-state index contributed by atoms with van der Waals surface area (Å²) in [6.45, 7) is 6.62. The van der Waals surface area contributed by atoms with Crippen LogP contribution >= 0.6 is 11.6 Å². The van der Waals surface area contributed by atoms with Crippen LogP contribution in [0, 0.1) is 12.8 Å². The average molecular weight is 298 g/mol. The molecule has 5 heteroatoms. The van der Waals surface area contributed by atoms with Crippen LogP contribution in [0.1, 0.15) is 50.9 Å². The maximum absolute atomic E-state index is 10.7. The highest BCUT2D eigenvalue weighted by Gasteiger charge is 2.32. The predicted molar refractivity (Wildman–Crippen MR) is 82.2 cm³/mol. The van der Waals surface area contributed by atoms with Gasteiger partial charge in [-0.25, -0.2) is 9.97 Å². The van der Waals surface area contributed by atoms with E-state index in [1.807, 2.05) is 13.8 Å². The standard InChI is InChI=1S/C15H24ClN3O/c1-4-12-18-13(16)11(3)14(19-12)17-9-15(20)7-5-6-10(2)8-15/h10,20H,4-9H2,1-3H3,(H,17,18,19). The number of aryl methyl sites for hydroxylation is 1. The highest BCUT2D eigenvalue weighted by atomic mass is 35.5. The lowest BCUT2D eigenvalue weighted by Crippen LogP contribution is -2.41. The summed E-state index contributed by atoms with van der Waals surface area (Å²) in [7, 11) is 0. The second-order valence-corrected chi connectivity index (χ2v) is 6.40. The van der Waals surface area contributed by atoms with Crippen molar-refractivity contribution in [2.75, 3.05) is 11.9 Å². The Kier molecular flexibility index (Phi) is 4.86. The van der Waals surface area contributed by atoms with Crippen molar-refractivity contribution in [3.05, 3.63) is 16.5 Å². The molecule has 20 heavy (non-hydrogen) atoms. The fourth-order valence-electron chi connectivity index (χ4n) is 2.90. The fourth-order valence-corrected chi connectivity index (χ4v) is 3.09. The first-order chi connectivity index (χ1) is 9.43. The molecule has 1 saturated carbocycles. The Balaban J connectivity index is 2.08. The van der Waals surface area contributed by atoms with Gasteiger partial charge in [-0.1, -0.05) is 38.3 Å². The Bertz CT molecular complexity index is 480. The minimum Gasteiger partial charge on any atom is -0.388 e. The molecule has 112 valence electrons. The lowest BCUT2D eigenvalue weighted by Gasteiger charge is -2.35. The van der Waals surface area contributed by atoms with Gasteiger partial charge in [0, 0.05) is 18.5 Å². The molecule has 4 nitrogen and oxygen atoms in total. The first-order valence-corrected chi connectivity index (χ1v) is 7.80. The van der Waals surface area contributed by atoms with Gasteiger partial charge in [-0.2, -0.15) is 0 Å². The number of nitrogens with one attached hydrogen (secondary N) is 1. The van der Waals surface area contributed by atoms with Gasteiger partial charge < -0.3 is 10.4 Å². The monoisotopic (exact) mass is 297 g/mol. The molecule has 1 aliphatic rings. The van der Waals surface area contributed by atoms with Crippen molar-refractivity contribution >= 4 is 17.4 Å². The van der Waals surface area contributed by atoms with Crippen molar-refractivity contribution in [2.45, 2.75) is 58.5 Å². The smallest absolute Gasteiger partial charge is 0.137 e. The van der Waals surface area contributed by atoms with E-state index < -0.39 is 5.60 Å². The lowest BCUT2D eigenvalue weighted by molar-refractivity contribution is -0.000839. The number of nitrogens with zero attached hydrogens (tertiary/aromatic N) is 2. The number of hydrogen-bond acceptors (Lipinski definition) is 4. The van der Waals surface area contributed by atoms with Crippen molar-refractivity contribution in [1.82, 2.24) is 9.97 Å². The van der Waals surface area contributed by atoms with E-state index in [1.165, 1.54) is 6.42 Å². The molecule has 0 aromatic carbocycles. The van der Waals surface area contributed by atoms with Crippen molar-refractivity contribution in [1.29, 1.82) is 0 Å². The predicted octanol–water partition coefficient (Wildman–Crippen LogP) is 3.35. The summed E-state index contributed by atoms with van der Waals surface area (Å²) in [6.07, 6.45) is 4.74. The largest absolute Gasteiger partial charge is 0.388 e. The van der Waals surface area contributed by atoms with Crippen LogP contribution in [0.3, 0.4) is 0 Å². The van der Waals surface area contributed by atoms with E-state index in [9.17, 15) is 5.11 Å². The van der Waals surface area contributed by atoms with Gasteiger partial charge in [0.15, 0.2) is 0 Å². The highest BCUT2D eigenvalue weighted by molar-refractivity contribution is 6.30. The average Bonchev–Trinajstić information content (AvgIpc) is 2.40. The zero-order chi connectivity index (χ0) is 14.8. The second kappa shape index (κ2) is 6.27. The van der Waals surface area contributed by atoms with Crippen LogP contribution in [0.15, 0.2) is 0 Å². The molecule has 0 radical (unpaired) electrons. The van der Waals surface area contributed by atoms with Gasteiger partial charge in [0.2, 0.25) is 0 Å². The van der Waals surface area contributed by atoms with Crippen LogP contribution in [0.25, 0.3) is 0 Å². The Morgan fingerprint density at radius 3 is 2.85 bits per heavy atom. The molecule has 0 spiro atoms. The summed E-state index contributed by atoms with van der Waals surface area (Å²) < 4.78 is 0. The summed E-state index contributed by atoms with van der Waals surface area (Å²) in [5, 5.41) is 14.4. The van der Waals surface area contributed by atoms with Crippen LogP contribution in [0.5, 0.6) is 0 Å². The summed E-state index contributed by atoms with van der Waals surface area (Å²) in [5.41, 5.74) is 0.213. The number of halogens is 1. The Morgan fingerprint density at radius 1 is 1.45 bits per heavy atom. The normalized spacial score (nSPS) is 26.6. The highest BCUT2D eigenvalue weighted by Crippen LogP contribution is 2.32. The van der Waals surface area contributed by atoms with Crippen molar-refractivity contribution in [3.8, 4) is 0 Å². The SMILES string of the molecule is CCc1nc(Cl)c(C)c(NCC2(O)CCCC(C)C2)n1. The van der Waals surface area contributed by atoms with E-state index in [4.69, 9.17) is 11.6 Å². The van der Waals surface area contributed by atoms with Crippen molar-refractivity contribution in [3.63, 3.8) is 0 Å². The summed E-state index contributed by atoms with van der Waals surface area (Å²) in [6, 6.07) is 0. The molecule has 1 aliphatic carbocycles. The molecule has 1 fully saturated rings. The topological polar surface area (TPSA) is 58.0 Å². The zero-order valence-corrected chi connectivity index (χ0v) is 13.3. The number of anilines is 1. The molecule has 1 aromatic heterocycles. The van der Waals surface area contributed by atoms with E-state index in [2.05, 4.69) is 22.2 Å². The fraction of sp³-hybridized carbons (Fsp3) is 0.733. The van der Waals surface area contributed by atoms with Crippen LogP contribution in [-0.4, -0.2) is 27.2 Å². The molecule has 0 bridgehead atoms. The number of aromatic nitrogens is 2. The molecule has 1 aromatic rings. The lowest BCUT2D eigenvalue weighted by atomic mass is 9.79. The van der Waals surface area contributed by atoms with Gasteiger partial charge in [-0.05, 0) is 25.7 Å². The Labute approximate surface area is 126 Å². The molecule has 0 saturated heterocycles. The third-order valence-corrected chi connectivity index (χ3v) is 4.47. The van der Waals surface area contributed by atoms with Crippen LogP contribution in [0.4, 0.5) is 5.82 Å². The summed E-state index contributed by atoms with van der Waals surface area (Å²) in [5.74, 6) is 2.05. The maximum atomic E-state index is 10.7.